The summed E-state index contributed by atoms with van der Waals surface area (Å²) in [7, 11) is 1.68. The second kappa shape index (κ2) is 6.63. The first-order chi connectivity index (χ1) is 10.7. The standard InChI is InChI=1S/C18H24N2O2/c1-3-10-19-13-17-18(21)9-6-15(19)12-20(17)11-14-4-7-16(22-2)8-5-14/h3-5,7-8,15,17H,1,6,9-13H2,2H3/t15-,17+/m1/s1. The number of piperazine rings is 1. The van der Waals surface area contributed by atoms with Crippen LogP contribution in [0.2, 0.25) is 0 Å². The van der Waals surface area contributed by atoms with E-state index in [1.54, 1.807) is 7.11 Å². The van der Waals surface area contributed by atoms with Gasteiger partial charge in [0.25, 0.3) is 0 Å². The van der Waals surface area contributed by atoms with Gasteiger partial charge in [-0.15, -0.1) is 6.58 Å². The minimum absolute atomic E-state index is 0.0285. The molecule has 2 bridgehead atoms. The fourth-order valence-corrected chi connectivity index (χ4v) is 3.58. The lowest BCUT2D eigenvalue weighted by atomic mass is 10.1. The molecule has 4 rings (SSSR count). The Morgan fingerprint density at radius 2 is 2.05 bits per heavy atom. The van der Waals surface area contributed by atoms with E-state index in [0.29, 0.717) is 18.2 Å². The van der Waals surface area contributed by atoms with Crippen molar-refractivity contribution in [2.75, 3.05) is 26.7 Å². The fourth-order valence-electron chi connectivity index (χ4n) is 3.58. The third-order valence-electron chi connectivity index (χ3n) is 4.81. The van der Waals surface area contributed by atoms with Gasteiger partial charge in [-0.1, -0.05) is 18.2 Å². The predicted octanol–water partition coefficient (Wildman–Crippen LogP) is 2.10. The Labute approximate surface area is 132 Å². The zero-order valence-corrected chi connectivity index (χ0v) is 13.2. The van der Waals surface area contributed by atoms with Crippen molar-refractivity contribution in [3.05, 3.63) is 42.5 Å². The van der Waals surface area contributed by atoms with E-state index in [9.17, 15) is 4.79 Å². The molecule has 22 heavy (non-hydrogen) atoms. The first-order valence-electron chi connectivity index (χ1n) is 7.96. The van der Waals surface area contributed by atoms with Crippen LogP contribution in [0.5, 0.6) is 5.75 Å². The lowest BCUT2D eigenvalue weighted by Gasteiger charge is -2.42. The Hall–Kier alpha value is -1.65. The van der Waals surface area contributed by atoms with E-state index in [-0.39, 0.29) is 6.04 Å². The molecule has 0 saturated carbocycles. The van der Waals surface area contributed by atoms with Gasteiger partial charge >= 0.3 is 0 Å². The lowest BCUT2D eigenvalue weighted by Crippen LogP contribution is -2.57. The van der Waals surface area contributed by atoms with E-state index in [1.165, 1.54) is 5.56 Å². The Morgan fingerprint density at radius 3 is 2.73 bits per heavy atom. The van der Waals surface area contributed by atoms with Crippen LogP contribution in [0.25, 0.3) is 0 Å². The highest BCUT2D eigenvalue weighted by molar-refractivity contribution is 5.85. The van der Waals surface area contributed by atoms with Crippen molar-refractivity contribution in [1.82, 2.24) is 9.80 Å². The number of methoxy groups -OCH3 is 1. The van der Waals surface area contributed by atoms with Gasteiger partial charge in [0.15, 0.2) is 5.78 Å². The quantitative estimate of drug-likeness (QED) is 0.780. The largest absolute Gasteiger partial charge is 0.497 e. The van der Waals surface area contributed by atoms with Crippen molar-refractivity contribution in [2.24, 2.45) is 0 Å². The van der Waals surface area contributed by atoms with Gasteiger partial charge < -0.3 is 4.74 Å². The Balaban J connectivity index is 1.73. The molecule has 0 amide bonds. The normalized spacial score (nSPS) is 26.0. The summed E-state index contributed by atoms with van der Waals surface area (Å²) in [6.07, 6.45) is 3.63. The number of ether oxygens (including phenoxy) is 1. The first-order valence-corrected chi connectivity index (χ1v) is 7.96. The number of carbonyl (C=O) groups is 1. The van der Waals surface area contributed by atoms with Crippen LogP contribution in [-0.4, -0.2) is 54.4 Å². The molecule has 0 N–H and O–H groups in total. The molecule has 0 unspecified atom stereocenters. The molecule has 3 aliphatic rings. The highest BCUT2D eigenvalue weighted by Gasteiger charge is 2.40. The highest BCUT2D eigenvalue weighted by Crippen LogP contribution is 2.27. The van der Waals surface area contributed by atoms with Crippen LogP contribution in [-0.2, 0) is 11.3 Å². The average molecular weight is 300 g/mol. The summed E-state index contributed by atoms with van der Waals surface area (Å²) in [6.45, 7) is 7.36. The number of ketones is 1. The van der Waals surface area contributed by atoms with E-state index in [2.05, 4.69) is 28.5 Å². The van der Waals surface area contributed by atoms with Gasteiger partial charge in [-0.2, -0.15) is 0 Å². The van der Waals surface area contributed by atoms with Crippen LogP contribution in [0.3, 0.4) is 0 Å². The number of nitrogens with zero attached hydrogens (tertiary/aromatic N) is 2. The van der Waals surface area contributed by atoms with Crippen LogP contribution in [0.15, 0.2) is 36.9 Å². The SMILES string of the molecule is C=CCN1C[C@H]2C(=O)CC[C@@H]1CN2Cc1ccc(OC)cc1. The zero-order chi connectivity index (χ0) is 15.5. The number of hydrogen-bond donors (Lipinski definition) is 0. The summed E-state index contributed by atoms with van der Waals surface area (Å²) in [5.41, 5.74) is 1.23. The van der Waals surface area contributed by atoms with Crippen molar-refractivity contribution < 1.29 is 9.53 Å². The minimum Gasteiger partial charge on any atom is -0.497 e. The number of benzene rings is 1. The summed E-state index contributed by atoms with van der Waals surface area (Å²) in [4.78, 5) is 17.2. The molecular formula is C18H24N2O2. The van der Waals surface area contributed by atoms with Crippen LogP contribution in [0.1, 0.15) is 18.4 Å². The van der Waals surface area contributed by atoms with Crippen molar-refractivity contribution in [1.29, 1.82) is 0 Å². The molecule has 1 aromatic carbocycles. The number of fused-ring (bicyclic) bond motifs is 4. The monoisotopic (exact) mass is 300 g/mol. The molecule has 3 fully saturated rings. The van der Waals surface area contributed by atoms with Gasteiger partial charge in [0.1, 0.15) is 5.75 Å². The molecule has 2 atom stereocenters. The molecule has 3 heterocycles. The van der Waals surface area contributed by atoms with Crippen molar-refractivity contribution in [2.45, 2.75) is 31.5 Å². The predicted molar refractivity (Wildman–Crippen MR) is 87.0 cm³/mol. The van der Waals surface area contributed by atoms with Crippen molar-refractivity contribution in [3.8, 4) is 5.75 Å². The molecule has 1 aromatic rings. The summed E-state index contributed by atoms with van der Waals surface area (Å²) < 4.78 is 5.20. The zero-order valence-electron chi connectivity index (χ0n) is 13.2. The maximum Gasteiger partial charge on any atom is 0.151 e. The van der Waals surface area contributed by atoms with Gasteiger partial charge in [0.05, 0.1) is 13.2 Å². The number of rotatable bonds is 5. The van der Waals surface area contributed by atoms with Crippen LogP contribution in [0, 0.1) is 0 Å². The molecule has 0 aliphatic carbocycles. The molecule has 3 aliphatic heterocycles. The average Bonchev–Trinajstić information content (AvgIpc) is 2.78. The molecule has 0 aromatic heterocycles. The summed E-state index contributed by atoms with van der Waals surface area (Å²) in [6, 6.07) is 8.64. The van der Waals surface area contributed by atoms with Crippen molar-refractivity contribution in [3.63, 3.8) is 0 Å². The van der Waals surface area contributed by atoms with E-state index < -0.39 is 0 Å². The number of carbonyl (C=O) groups excluding carboxylic acids is 1. The van der Waals surface area contributed by atoms with Gasteiger partial charge in [-0.05, 0) is 24.1 Å². The Kier molecular flexibility index (Phi) is 4.60. The third kappa shape index (κ3) is 3.08. The summed E-state index contributed by atoms with van der Waals surface area (Å²) >= 11 is 0. The van der Waals surface area contributed by atoms with Gasteiger partial charge in [-0.3, -0.25) is 14.6 Å². The van der Waals surface area contributed by atoms with Gasteiger partial charge in [0, 0.05) is 38.6 Å². The highest BCUT2D eigenvalue weighted by atomic mass is 16.5. The van der Waals surface area contributed by atoms with E-state index >= 15 is 0 Å². The van der Waals surface area contributed by atoms with Gasteiger partial charge in [0.2, 0.25) is 0 Å². The molecular weight excluding hydrogens is 276 g/mol. The molecule has 4 heteroatoms. The van der Waals surface area contributed by atoms with Crippen LogP contribution in [0.4, 0.5) is 0 Å². The second-order valence-corrected chi connectivity index (χ2v) is 6.19. The topological polar surface area (TPSA) is 32.8 Å². The molecule has 118 valence electrons. The molecule has 4 nitrogen and oxygen atoms in total. The minimum atomic E-state index is 0.0285. The van der Waals surface area contributed by atoms with Crippen LogP contribution >= 0.6 is 0 Å². The lowest BCUT2D eigenvalue weighted by molar-refractivity contribution is -0.125. The third-order valence-corrected chi connectivity index (χ3v) is 4.81. The Morgan fingerprint density at radius 1 is 1.27 bits per heavy atom. The Bertz CT molecular complexity index is 541. The van der Waals surface area contributed by atoms with Crippen molar-refractivity contribution >= 4 is 5.78 Å². The molecule has 0 spiro atoms. The summed E-state index contributed by atoms with van der Waals surface area (Å²) in [5.74, 6) is 1.26. The molecule has 3 saturated heterocycles. The summed E-state index contributed by atoms with van der Waals surface area (Å²) in [5, 5.41) is 0. The fraction of sp³-hybridized carbons (Fsp3) is 0.500. The van der Waals surface area contributed by atoms with E-state index in [0.717, 1.165) is 38.3 Å². The van der Waals surface area contributed by atoms with Gasteiger partial charge in [-0.25, -0.2) is 0 Å². The maximum atomic E-state index is 12.4. The second-order valence-electron chi connectivity index (χ2n) is 6.19. The maximum absolute atomic E-state index is 12.4. The number of Topliss-reactive ketones (excluding diaryl/α,β-unsaturated/α-hetero) is 1. The van der Waals surface area contributed by atoms with E-state index in [4.69, 9.17) is 4.74 Å². The van der Waals surface area contributed by atoms with E-state index in [1.807, 2.05) is 18.2 Å². The smallest absolute Gasteiger partial charge is 0.151 e. The van der Waals surface area contributed by atoms with Crippen LogP contribution < -0.4 is 4.74 Å². The number of hydrogen-bond acceptors (Lipinski definition) is 4. The first kappa shape index (κ1) is 15.3. The molecule has 0 radical (unpaired) electrons.